The van der Waals surface area contributed by atoms with E-state index in [4.69, 9.17) is 16.3 Å². The SMILES string of the molecule is CNC(=O)C(C)CCn1cnc2ccc(-c3cnc(OC)c(NS(=O)(=O)c4ccc(F)cc4Cl)c3)cc2c1=O. The van der Waals surface area contributed by atoms with E-state index in [0.29, 0.717) is 35.0 Å². The maximum Gasteiger partial charge on any atom is 0.263 e. The molecule has 1 unspecified atom stereocenters. The lowest BCUT2D eigenvalue weighted by atomic mass is 10.0. The number of nitrogens with zero attached hydrogens (tertiary/aromatic N) is 3. The molecule has 0 saturated heterocycles. The van der Waals surface area contributed by atoms with E-state index in [1.54, 1.807) is 32.2 Å². The molecule has 0 radical (unpaired) electrons. The zero-order valence-electron chi connectivity index (χ0n) is 21.2. The molecule has 0 spiro atoms. The minimum atomic E-state index is -4.22. The zero-order chi connectivity index (χ0) is 28.3. The smallest absolute Gasteiger partial charge is 0.263 e. The van der Waals surface area contributed by atoms with Gasteiger partial charge in [-0.2, -0.15) is 0 Å². The van der Waals surface area contributed by atoms with Gasteiger partial charge in [-0.15, -0.1) is 0 Å². The van der Waals surface area contributed by atoms with Gasteiger partial charge >= 0.3 is 0 Å². The summed E-state index contributed by atoms with van der Waals surface area (Å²) in [5.74, 6) is -1.07. The summed E-state index contributed by atoms with van der Waals surface area (Å²) in [6.45, 7) is 2.09. The van der Waals surface area contributed by atoms with Crippen LogP contribution >= 0.6 is 11.6 Å². The lowest BCUT2D eigenvalue weighted by molar-refractivity contribution is -0.124. The number of halogens is 2. The second-order valence-electron chi connectivity index (χ2n) is 8.74. The van der Waals surface area contributed by atoms with E-state index >= 15 is 0 Å². The Hall–Kier alpha value is -4.03. The largest absolute Gasteiger partial charge is 0.480 e. The number of amides is 1. The van der Waals surface area contributed by atoms with Gasteiger partial charge in [-0.3, -0.25) is 18.9 Å². The van der Waals surface area contributed by atoms with Crippen LogP contribution in [0.3, 0.4) is 0 Å². The first-order valence-electron chi connectivity index (χ1n) is 11.8. The zero-order valence-corrected chi connectivity index (χ0v) is 22.8. The van der Waals surface area contributed by atoms with Crippen LogP contribution in [0.2, 0.25) is 5.02 Å². The molecule has 2 N–H and O–H groups in total. The first kappa shape index (κ1) is 28.0. The average molecular weight is 574 g/mol. The maximum absolute atomic E-state index is 13.4. The number of carbonyl (C=O) groups excluding carboxylic acids is 1. The molecule has 204 valence electrons. The van der Waals surface area contributed by atoms with Crippen molar-refractivity contribution < 1.29 is 22.3 Å². The molecular weight excluding hydrogens is 549 g/mol. The molecule has 2 heterocycles. The number of nitrogens with one attached hydrogen (secondary N) is 2. The van der Waals surface area contributed by atoms with Crippen LogP contribution in [0.4, 0.5) is 10.1 Å². The number of rotatable bonds is 9. The van der Waals surface area contributed by atoms with Gasteiger partial charge in [0, 0.05) is 31.3 Å². The van der Waals surface area contributed by atoms with E-state index in [1.807, 2.05) is 0 Å². The Morgan fingerprint density at radius 3 is 2.62 bits per heavy atom. The van der Waals surface area contributed by atoms with E-state index in [1.165, 1.54) is 30.3 Å². The summed E-state index contributed by atoms with van der Waals surface area (Å²) in [4.78, 5) is 33.2. The topological polar surface area (TPSA) is 132 Å². The van der Waals surface area contributed by atoms with Gasteiger partial charge in [0.1, 0.15) is 16.4 Å². The number of fused-ring (bicyclic) bond motifs is 1. The molecule has 0 fully saturated rings. The molecule has 0 aliphatic rings. The van der Waals surface area contributed by atoms with E-state index in [2.05, 4.69) is 20.0 Å². The molecular formula is C26H25ClFN5O5S. The minimum absolute atomic E-state index is 0.00407. The normalized spacial score (nSPS) is 12.2. The molecule has 4 rings (SSSR count). The van der Waals surface area contributed by atoms with Gasteiger partial charge in [0.15, 0.2) is 0 Å². The van der Waals surface area contributed by atoms with Crippen molar-refractivity contribution in [3.8, 4) is 17.0 Å². The second-order valence-corrected chi connectivity index (χ2v) is 10.8. The molecule has 2 aromatic carbocycles. The lowest BCUT2D eigenvalue weighted by Crippen LogP contribution is -2.28. The van der Waals surface area contributed by atoms with Crippen molar-refractivity contribution in [1.82, 2.24) is 19.9 Å². The number of ether oxygens (including phenoxy) is 1. The van der Waals surface area contributed by atoms with Gasteiger partial charge in [0.25, 0.3) is 15.6 Å². The van der Waals surface area contributed by atoms with Crippen LogP contribution in [-0.2, 0) is 21.4 Å². The van der Waals surface area contributed by atoms with Crippen molar-refractivity contribution in [1.29, 1.82) is 0 Å². The standard InChI is InChI=1S/C26H25ClFN5O5S/c1-15(24(34)29-2)8-9-33-14-31-21-6-4-16(10-19(21)26(33)35)17-11-22(25(38-3)30-13-17)32-39(36,37)23-7-5-18(28)12-20(23)27/h4-7,10-15,32H,8-9H2,1-3H3,(H,29,34). The molecule has 1 atom stereocenters. The van der Waals surface area contributed by atoms with Crippen LogP contribution in [-0.4, -0.2) is 43.0 Å². The first-order valence-corrected chi connectivity index (χ1v) is 13.6. The summed E-state index contributed by atoms with van der Waals surface area (Å²) in [7, 11) is -1.33. The Morgan fingerprint density at radius 1 is 1.15 bits per heavy atom. The van der Waals surface area contributed by atoms with Crippen LogP contribution in [0.1, 0.15) is 13.3 Å². The van der Waals surface area contributed by atoms with Gasteiger partial charge in [-0.1, -0.05) is 24.6 Å². The quantitative estimate of drug-likeness (QED) is 0.311. The number of methoxy groups -OCH3 is 1. The van der Waals surface area contributed by atoms with Crippen LogP contribution < -0.4 is 20.3 Å². The summed E-state index contributed by atoms with van der Waals surface area (Å²) in [5, 5.41) is 2.65. The summed E-state index contributed by atoms with van der Waals surface area (Å²) in [6, 6.07) is 9.49. The number of pyridine rings is 1. The third-order valence-electron chi connectivity index (χ3n) is 6.13. The predicted octanol–water partition coefficient (Wildman–Crippen LogP) is 3.83. The number of anilines is 1. The second kappa shape index (κ2) is 11.4. The molecule has 0 aliphatic carbocycles. The fourth-order valence-corrected chi connectivity index (χ4v) is 5.53. The monoisotopic (exact) mass is 573 g/mol. The van der Waals surface area contributed by atoms with Crippen LogP contribution in [0, 0.1) is 11.7 Å². The van der Waals surface area contributed by atoms with Crippen molar-refractivity contribution >= 4 is 44.1 Å². The fourth-order valence-electron chi connectivity index (χ4n) is 3.95. The Kier molecular flexibility index (Phi) is 8.17. The Balaban J connectivity index is 1.69. The highest BCUT2D eigenvalue weighted by atomic mass is 35.5. The van der Waals surface area contributed by atoms with Crippen molar-refractivity contribution in [2.24, 2.45) is 5.92 Å². The fraction of sp³-hybridized carbons (Fsp3) is 0.231. The molecule has 4 aromatic rings. The minimum Gasteiger partial charge on any atom is -0.480 e. The van der Waals surface area contributed by atoms with Gasteiger partial charge in [-0.05, 0) is 48.4 Å². The maximum atomic E-state index is 13.4. The molecule has 0 saturated carbocycles. The van der Waals surface area contributed by atoms with E-state index in [-0.39, 0.29) is 38.9 Å². The van der Waals surface area contributed by atoms with Gasteiger partial charge in [-0.25, -0.2) is 22.8 Å². The average Bonchev–Trinajstić information content (AvgIpc) is 2.91. The molecule has 2 aromatic heterocycles. The third-order valence-corrected chi connectivity index (χ3v) is 7.98. The summed E-state index contributed by atoms with van der Waals surface area (Å²) >= 11 is 5.96. The van der Waals surface area contributed by atoms with Crippen molar-refractivity contribution in [2.45, 2.75) is 24.8 Å². The number of aromatic nitrogens is 3. The van der Waals surface area contributed by atoms with Gasteiger partial charge in [0.2, 0.25) is 11.8 Å². The Labute approximate surface area is 228 Å². The van der Waals surface area contributed by atoms with Gasteiger partial charge in [0.05, 0.1) is 29.4 Å². The summed E-state index contributed by atoms with van der Waals surface area (Å²) < 4.78 is 48.5. The molecule has 39 heavy (non-hydrogen) atoms. The highest BCUT2D eigenvalue weighted by Crippen LogP contribution is 2.32. The van der Waals surface area contributed by atoms with Crippen molar-refractivity contribution in [3.63, 3.8) is 0 Å². The highest BCUT2D eigenvalue weighted by Gasteiger charge is 2.21. The van der Waals surface area contributed by atoms with Crippen LogP contribution in [0.15, 0.2) is 64.7 Å². The van der Waals surface area contributed by atoms with Crippen molar-refractivity contribution in [3.05, 3.63) is 76.2 Å². The summed E-state index contributed by atoms with van der Waals surface area (Å²) in [6.07, 6.45) is 3.38. The van der Waals surface area contributed by atoms with E-state index in [9.17, 15) is 22.4 Å². The first-order chi connectivity index (χ1) is 18.5. The van der Waals surface area contributed by atoms with Crippen molar-refractivity contribution in [2.75, 3.05) is 18.9 Å². The third kappa shape index (κ3) is 6.02. The Morgan fingerprint density at radius 2 is 1.92 bits per heavy atom. The molecule has 1 amide bonds. The predicted molar refractivity (Wildman–Crippen MR) is 146 cm³/mol. The summed E-state index contributed by atoms with van der Waals surface area (Å²) in [5.41, 5.74) is 1.28. The molecule has 0 bridgehead atoms. The van der Waals surface area contributed by atoms with E-state index < -0.39 is 15.8 Å². The molecule has 0 aliphatic heterocycles. The highest BCUT2D eigenvalue weighted by molar-refractivity contribution is 7.92. The number of carbonyl (C=O) groups is 1. The number of sulfonamides is 1. The lowest BCUT2D eigenvalue weighted by Gasteiger charge is -2.14. The number of hydrogen-bond acceptors (Lipinski definition) is 7. The Bertz CT molecular complexity index is 1730. The number of hydrogen-bond donors (Lipinski definition) is 2. The van der Waals surface area contributed by atoms with E-state index in [0.717, 1.165) is 18.2 Å². The molecule has 10 nitrogen and oxygen atoms in total. The van der Waals surface area contributed by atoms with Crippen LogP contribution in [0.5, 0.6) is 5.88 Å². The van der Waals surface area contributed by atoms with Gasteiger partial charge < -0.3 is 10.1 Å². The number of benzene rings is 2. The number of aryl methyl sites for hydroxylation is 1. The molecule has 13 heteroatoms. The van der Waals surface area contributed by atoms with Crippen LogP contribution in [0.25, 0.3) is 22.0 Å².